The summed E-state index contributed by atoms with van der Waals surface area (Å²) < 4.78 is 21.4. The molecular formula is C16H22FN3O. The van der Waals surface area contributed by atoms with Crippen molar-refractivity contribution in [1.82, 2.24) is 15.1 Å². The second-order valence-electron chi connectivity index (χ2n) is 4.90. The Hall–Kier alpha value is -1.88. The molecule has 1 N–H and O–H groups in total. The van der Waals surface area contributed by atoms with Crippen LogP contribution < -0.4 is 10.1 Å². The molecule has 0 saturated heterocycles. The van der Waals surface area contributed by atoms with Gasteiger partial charge in [-0.15, -0.1) is 0 Å². The Balaban J connectivity index is 2.47. The van der Waals surface area contributed by atoms with Crippen LogP contribution in [0.2, 0.25) is 0 Å². The van der Waals surface area contributed by atoms with Crippen molar-refractivity contribution in [3.8, 4) is 5.75 Å². The maximum Gasteiger partial charge on any atom is 0.132 e. The topological polar surface area (TPSA) is 39.1 Å². The number of nitrogens with zero attached hydrogens (tertiary/aromatic N) is 2. The van der Waals surface area contributed by atoms with Crippen molar-refractivity contribution in [3.05, 3.63) is 47.0 Å². The number of methoxy groups -OCH3 is 1. The summed E-state index contributed by atoms with van der Waals surface area (Å²) in [6.45, 7) is 7.48. The zero-order chi connectivity index (χ0) is 15.4. The van der Waals surface area contributed by atoms with E-state index in [-0.39, 0.29) is 11.9 Å². The van der Waals surface area contributed by atoms with E-state index in [9.17, 15) is 4.39 Å². The lowest BCUT2D eigenvalue weighted by molar-refractivity contribution is 0.409. The lowest BCUT2D eigenvalue weighted by Crippen LogP contribution is -2.25. The van der Waals surface area contributed by atoms with Crippen LogP contribution in [0.25, 0.3) is 0 Å². The molecule has 2 rings (SSSR count). The first-order valence-corrected chi connectivity index (χ1v) is 7.21. The van der Waals surface area contributed by atoms with Crippen LogP contribution >= 0.6 is 0 Å². The van der Waals surface area contributed by atoms with Crippen molar-refractivity contribution in [3.63, 3.8) is 0 Å². The van der Waals surface area contributed by atoms with Crippen LogP contribution in [0, 0.1) is 12.7 Å². The first-order valence-electron chi connectivity index (χ1n) is 7.21. The minimum Gasteiger partial charge on any atom is -0.497 e. The standard InChI is InChI=1S/C16H22FN3O/c1-5-18-16(15-9-11(3)19-20(15)6-2)13-8-7-12(21-4)10-14(13)17/h7-10,16,18H,5-6H2,1-4H3. The molecule has 0 aliphatic rings. The van der Waals surface area contributed by atoms with Crippen molar-refractivity contribution >= 4 is 0 Å². The van der Waals surface area contributed by atoms with Crippen molar-refractivity contribution < 1.29 is 9.13 Å². The predicted molar refractivity (Wildman–Crippen MR) is 81.1 cm³/mol. The van der Waals surface area contributed by atoms with Gasteiger partial charge < -0.3 is 10.1 Å². The van der Waals surface area contributed by atoms with Crippen molar-refractivity contribution in [2.24, 2.45) is 0 Å². The average molecular weight is 291 g/mol. The van der Waals surface area contributed by atoms with E-state index in [1.165, 1.54) is 13.2 Å². The van der Waals surface area contributed by atoms with E-state index < -0.39 is 0 Å². The predicted octanol–water partition coefficient (Wildman–Crippen LogP) is 3.06. The average Bonchev–Trinajstić information content (AvgIpc) is 2.86. The Morgan fingerprint density at radius 2 is 2.10 bits per heavy atom. The van der Waals surface area contributed by atoms with Gasteiger partial charge in [0.05, 0.1) is 24.5 Å². The van der Waals surface area contributed by atoms with Crippen molar-refractivity contribution in [2.45, 2.75) is 33.4 Å². The summed E-state index contributed by atoms with van der Waals surface area (Å²) in [5.41, 5.74) is 2.51. The lowest BCUT2D eigenvalue weighted by Gasteiger charge is -2.20. The van der Waals surface area contributed by atoms with Gasteiger partial charge >= 0.3 is 0 Å². The summed E-state index contributed by atoms with van der Waals surface area (Å²) in [6.07, 6.45) is 0. The Kier molecular flexibility index (Phi) is 4.96. The van der Waals surface area contributed by atoms with E-state index in [0.29, 0.717) is 11.3 Å². The van der Waals surface area contributed by atoms with E-state index in [2.05, 4.69) is 10.4 Å². The minimum absolute atomic E-state index is 0.220. The largest absolute Gasteiger partial charge is 0.497 e. The Labute approximate surface area is 124 Å². The van der Waals surface area contributed by atoms with Crippen LogP contribution in [0.4, 0.5) is 4.39 Å². The summed E-state index contributed by atoms with van der Waals surface area (Å²) >= 11 is 0. The maximum absolute atomic E-state index is 14.4. The first-order chi connectivity index (χ1) is 10.1. The fourth-order valence-corrected chi connectivity index (χ4v) is 2.50. The van der Waals surface area contributed by atoms with Gasteiger partial charge in [-0.2, -0.15) is 5.10 Å². The fourth-order valence-electron chi connectivity index (χ4n) is 2.50. The molecule has 21 heavy (non-hydrogen) atoms. The van der Waals surface area contributed by atoms with Crippen LogP contribution in [-0.4, -0.2) is 23.4 Å². The van der Waals surface area contributed by atoms with Crippen LogP contribution in [0.1, 0.15) is 36.8 Å². The molecule has 1 aromatic carbocycles. The molecule has 4 nitrogen and oxygen atoms in total. The van der Waals surface area contributed by atoms with E-state index in [0.717, 1.165) is 24.5 Å². The highest BCUT2D eigenvalue weighted by Crippen LogP contribution is 2.27. The maximum atomic E-state index is 14.4. The van der Waals surface area contributed by atoms with Gasteiger partial charge in [-0.1, -0.05) is 13.0 Å². The van der Waals surface area contributed by atoms with Crippen LogP contribution in [0.5, 0.6) is 5.75 Å². The van der Waals surface area contributed by atoms with Gasteiger partial charge in [-0.05, 0) is 32.5 Å². The molecule has 1 atom stereocenters. The highest BCUT2D eigenvalue weighted by Gasteiger charge is 2.21. The van der Waals surface area contributed by atoms with E-state index in [1.807, 2.05) is 31.5 Å². The van der Waals surface area contributed by atoms with Crippen LogP contribution in [0.15, 0.2) is 24.3 Å². The first kappa shape index (κ1) is 15.5. The van der Waals surface area contributed by atoms with Gasteiger partial charge in [-0.3, -0.25) is 4.68 Å². The minimum atomic E-state index is -0.276. The molecule has 1 heterocycles. The summed E-state index contributed by atoms with van der Waals surface area (Å²) in [6, 6.07) is 6.74. The molecule has 1 unspecified atom stereocenters. The molecule has 1 aromatic heterocycles. The Bertz CT molecular complexity index is 610. The van der Waals surface area contributed by atoms with Crippen LogP contribution in [-0.2, 0) is 6.54 Å². The molecule has 114 valence electrons. The third kappa shape index (κ3) is 3.24. The summed E-state index contributed by atoms with van der Waals surface area (Å²) in [5.74, 6) is 0.244. The van der Waals surface area contributed by atoms with Gasteiger partial charge in [0.1, 0.15) is 11.6 Å². The second-order valence-corrected chi connectivity index (χ2v) is 4.90. The Morgan fingerprint density at radius 1 is 1.33 bits per heavy atom. The lowest BCUT2D eigenvalue weighted by atomic mass is 10.0. The molecule has 0 saturated carbocycles. The molecule has 0 amide bonds. The smallest absolute Gasteiger partial charge is 0.132 e. The third-order valence-corrected chi connectivity index (χ3v) is 3.46. The summed E-state index contributed by atoms with van der Waals surface area (Å²) in [4.78, 5) is 0. The quantitative estimate of drug-likeness (QED) is 0.889. The van der Waals surface area contributed by atoms with Crippen molar-refractivity contribution in [2.75, 3.05) is 13.7 Å². The Morgan fingerprint density at radius 3 is 2.67 bits per heavy atom. The van der Waals surface area contributed by atoms with Gasteiger partial charge in [0, 0.05) is 18.2 Å². The molecule has 0 radical (unpaired) electrons. The van der Waals surface area contributed by atoms with E-state index >= 15 is 0 Å². The van der Waals surface area contributed by atoms with Gasteiger partial charge in [0.2, 0.25) is 0 Å². The number of aromatic nitrogens is 2. The fraction of sp³-hybridized carbons (Fsp3) is 0.438. The SMILES string of the molecule is CCNC(c1ccc(OC)cc1F)c1cc(C)nn1CC. The van der Waals surface area contributed by atoms with Crippen molar-refractivity contribution in [1.29, 1.82) is 0 Å². The number of benzene rings is 1. The summed E-state index contributed by atoms with van der Waals surface area (Å²) in [5, 5.41) is 7.79. The molecular weight excluding hydrogens is 269 g/mol. The second kappa shape index (κ2) is 6.72. The van der Waals surface area contributed by atoms with E-state index in [4.69, 9.17) is 4.74 Å². The van der Waals surface area contributed by atoms with Crippen LogP contribution in [0.3, 0.4) is 0 Å². The number of hydrogen-bond donors (Lipinski definition) is 1. The van der Waals surface area contributed by atoms with E-state index in [1.54, 1.807) is 12.1 Å². The molecule has 0 aliphatic carbocycles. The monoisotopic (exact) mass is 291 g/mol. The zero-order valence-corrected chi connectivity index (χ0v) is 13.0. The molecule has 0 fully saturated rings. The molecule has 2 aromatic rings. The third-order valence-electron chi connectivity index (χ3n) is 3.46. The zero-order valence-electron chi connectivity index (χ0n) is 13.0. The number of nitrogens with one attached hydrogen (secondary N) is 1. The van der Waals surface area contributed by atoms with Gasteiger partial charge in [0.15, 0.2) is 0 Å². The number of halogens is 1. The number of rotatable bonds is 6. The normalized spacial score (nSPS) is 12.4. The van der Waals surface area contributed by atoms with Gasteiger partial charge in [0.25, 0.3) is 0 Å². The molecule has 0 bridgehead atoms. The summed E-state index contributed by atoms with van der Waals surface area (Å²) in [7, 11) is 1.53. The highest BCUT2D eigenvalue weighted by molar-refractivity contribution is 5.35. The molecule has 5 heteroatoms. The molecule has 0 aliphatic heterocycles. The van der Waals surface area contributed by atoms with Gasteiger partial charge in [-0.25, -0.2) is 4.39 Å². The molecule has 0 spiro atoms. The number of ether oxygens (including phenoxy) is 1. The highest BCUT2D eigenvalue weighted by atomic mass is 19.1. The number of hydrogen-bond acceptors (Lipinski definition) is 3. The number of aryl methyl sites for hydroxylation is 2.